The van der Waals surface area contributed by atoms with Crippen molar-refractivity contribution in [3.8, 4) is 0 Å². The summed E-state index contributed by atoms with van der Waals surface area (Å²) < 4.78 is 26.1. The Morgan fingerprint density at radius 2 is 1.85 bits per heavy atom. The zero-order chi connectivity index (χ0) is 18.9. The number of hydrogen-bond donors (Lipinski definition) is 1. The Morgan fingerprint density at radius 1 is 1.15 bits per heavy atom. The SMILES string of the molecule is CCS(=O)(=O)N1CCCc2cc(C(=O)Nc3c(C)cccc3C)ccc21. The molecule has 0 bridgehead atoms. The number of benzene rings is 2. The Kier molecular flexibility index (Phi) is 5.05. The maximum absolute atomic E-state index is 12.7. The number of para-hydroxylation sites is 1. The second kappa shape index (κ2) is 7.11. The zero-order valence-electron chi connectivity index (χ0n) is 15.4. The normalized spacial score (nSPS) is 14.0. The fourth-order valence-corrected chi connectivity index (χ4v) is 4.54. The highest BCUT2D eigenvalue weighted by atomic mass is 32.2. The van der Waals surface area contributed by atoms with Crippen molar-refractivity contribution in [3.63, 3.8) is 0 Å². The number of carbonyl (C=O) groups is 1. The standard InChI is InChI=1S/C20H24N2O3S/c1-4-26(24,25)22-12-6-9-16-13-17(10-11-18(16)22)20(23)21-19-14(2)7-5-8-15(19)3/h5,7-8,10-11,13H,4,6,9,12H2,1-3H3,(H,21,23). The molecule has 0 spiro atoms. The Morgan fingerprint density at radius 3 is 2.50 bits per heavy atom. The molecule has 3 rings (SSSR count). The highest BCUT2D eigenvalue weighted by molar-refractivity contribution is 7.92. The third-order valence-corrected chi connectivity index (χ3v) is 6.62. The summed E-state index contributed by atoms with van der Waals surface area (Å²) in [6, 6.07) is 11.1. The monoisotopic (exact) mass is 372 g/mol. The molecule has 0 radical (unpaired) electrons. The summed E-state index contributed by atoms with van der Waals surface area (Å²) in [5.74, 6) is -0.109. The fraction of sp³-hybridized carbons (Fsp3) is 0.350. The van der Waals surface area contributed by atoms with Gasteiger partial charge < -0.3 is 5.32 Å². The van der Waals surface area contributed by atoms with Gasteiger partial charge in [0.15, 0.2) is 0 Å². The van der Waals surface area contributed by atoms with Gasteiger partial charge in [0.25, 0.3) is 5.91 Å². The molecule has 1 N–H and O–H groups in total. The van der Waals surface area contributed by atoms with Crippen LogP contribution in [-0.4, -0.2) is 26.6 Å². The van der Waals surface area contributed by atoms with Gasteiger partial charge in [0, 0.05) is 17.8 Å². The van der Waals surface area contributed by atoms with Gasteiger partial charge in [-0.15, -0.1) is 0 Å². The number of aryl methyl sites for hydroxylation is 3. The summed E-state index contributed by atoms with van der Waals surface area (Å²) in [5.41, 5.74) is 4.99. The largest absolute Gasteiger partial charge is 0.322 e. The molecule has 0 unspecified atom stereocenters. The second-order valence-corrected chi connectivity index (χ2v) is 8.82. The molecule has 1 aliphatic rings. The van der Waals surface area contributed by atoms with Crippen LogP contribution in [0.15, 0.2) is 36.4 Å². The summed E-state index contributed by atoms with van der Waals surface area (Å²) in [5, 5.41) is 2.98. The lowest BCUT2D eigenvalue weighted by atomic mass is 10.00. The number of fused-ring (bicyclic) bond motifs is 1. The summed E-state index contributed by atoms with van der Waals surface area (Å²) in [4.78, 5) is 12.7. The van der Waals surface area contributed by atoms with Crippen molar-refractivity contribution in [1.29, 1.82) is 0 Å². The van der Waals surface area contributed by atoms with E-state index in [4.69, 9.17) is 0 Å². The highest BCUT2D eigenvalue weighted by Gasteiger charge is 2.26. The molecule has 138 valence electrons. The number of carbonyl (C=O) groups excluding carboxylic acids is 1. The van der Waals surface area contributed by atoms with Crippen molar-refractivity contribution >= 4 is 27.3 Å². The van der Waals surface area contributed by atoms with E-state index in [1.165, 1.54) is 4.31 Å². The van der Waals surface area contributed by atoms with Crippen LogP contribution in [0.1, 0.15) is 40.4 Å². The van der Waals surface area contributed by atoms with Crippen LogP contribution in [0.3, 0.4) is 0 Å². The van der Waals surface area contributed by atoms with Gasteiger partial charge >= 0.3 is 0 Å². The van der Waals surface area contributed by atoms with Crippen LogP contribution in [-0.2, 0) is 16.4 Å². The maximum atomic E-state index is 12.7. The van der Waals surface area contributed by atoms with Gasteiger partial charge in [-0.1, -0.05) is 18.2 Å². The minimum Gasteiger partial charge on any atom is -0.322 e. The molecule has 1 amide bonds. The van der Waals surface area contributed by atoms with E-state index in [0.29, 0.717) is 17.8 Å². The molecule has 0 saturated heterocycles. The molecule has 1 aliphatic heterocycles. The molecule has 26 heavy (non-hydrogen) atoms. The van der Waals surface area contributed by atoms with Crippen molar-refractivity contribution in [2.45, 2.75) is 33.6 Å². The predicted octanol–water partition coefficient (Wildman–Crippen LogP) is 3.66. The molecule has 0 saturated carbocycles. The summed E-state index contributed by atoms with van der Waals surface area (Å²) >= 11 is 0. The third-order valence-electron chi connectivity index (χ3n) is 4.84. The maximum Gasteiger partial charge on any atom is 0.255 e. The van der Waals surface area contributed by atoms with Crippen LogP contribution < -0.4 is 9.62 Å². The number of anilines is 2. The summed E-state index contributed by atoms with van der Waals surface area (Å²) in [6.45, 7) is 6.07. The van der Waals surface area contributed by atoms with Crippen molar-refractivity contribution in [2.75, 3.05) is 21.9 Å². The van der Waals surface area contributed by atoms with Crippen LogP contribution in [0.4, 0.5) is 11.4 Å². The molecular weight excluding hydrogens is 348 g/mol. The molecule has 2 aromatic rings. The van der Waals surface area contributed by atoms with Gasteiger partial charge in [0.05, 0.1) is 11.4 Å². The lowest BCUT2D eigenvalue weighted by Gasteiger charge is -2.30. The first-order valence-electron chi connectivity index (χ1n) is 8.84. The van der Waals surface area contributed by atoms with Crippen molar-refractivity contribution in [3.05, 3.63) is 58.7 Å². The van der Waals surface area contributed by atoms with Gasteiger partial charge in [-0.25, -0.2) is 8.42 Å². The van der Waals surface area contributed by atoms with E-state index in [-0.39, 0.29) is 11.7 Å². The third kappa shape index (κ3) is 3.46. The van der Waals surface area contributed by atoms with E-state index in [9.17, 15) is 13.2 Å². The quantitative estimate of drug-likeness (QED) is 0.891. The van der Waals surface area contributed by atoms with Gasteiger partial charge in [-0.05, 0) is 68.5 Å². The first kappa shape index (κ1) is 18.5. The average Bonchev–Trinajstić information content (AvgIpc) is 2.63. The van der Waals surface area contributed by atoms with Crippen molar-refractivity contribution in [1.82, 2.24) is 0 Å². The predicted molar refractivity (Wildman–Crippen MR) is 105 cm³/mol. The van der Waals surface area contributed by atoms with Crippen molar-refractivity contribution < 1.29 is 13.2 Å². The van der Waals surface area contributed by atoms with Gasteiger partial charge in [-0.3, -0.25) is 9.10 Å². The Balaban J connectivity index is 1.90. The van der Waals surface area contributed by atoms with Crippen molar-refractivity contribution in [2.24, 2.45) is 0 Å². The first-order chi connectivity index (χ1) is 12.3. The van der Waals surface area contributed by atoms with E-state index < -0.39 is 10.0 Å². The van der Waals surface area contributed by atoms with Crippen LogP contribution in [0, 0.1) is 13.8 Å². The molecule has 5 nitrogen and oxygen atoms in total. The number of nitrogens with zero attached hydrogens (tertiary/aromatic N) is 1. The molecule has 2 aromatic carbocycles. The summed E-state index contributed by atoms with van der Waals surface area (Å²) in [7, 11) is -3.29. The average molecular weight is 372 g/mol. The molecular formula is C20H24N2O3S. The molecule has 0 atom stereocenters. The molecule has 1 heterocycles. The van der Waals surface area contributed by atoms with E-state index >= 15 is 0 Å². The molecule has 0 aromatic heterocycles. The number of sulfonamides is 1. The minimum atomic E-state index is -3.29. The number of nitrogens with one attached hydrogen (secondary N) is 1. The summed E-state index contributed by atoms with van der Waals surface area (Å²) in [6.07, 6.45) is 1.53. The van der Waals surface area contributed by atoms with Crippen LogP contribution >= 0.6 is 0 Å². The molecule has 0 fully saturated rings. The topological polar surface area (TPSA) is 66.5 Å². The highest BCUT2D eigenvalue weighted by Crippen LogP contribution is 2.31. The molecule has 0 aliphatic carbocycles. The second-order valence-electron chi connectivity index (χ2n) is 6.64. The number of rotatable bonds is 4. The zero-order valence-corrected chi connectivity index (χ0v) is 16.2. The molecule has 6 heteroatoms. The van der Waals surface area contributed by atoms with E-state index in [0.717, 1.165) is 35.2 Å². The van der Waals surface area contributed by atoms with Gasteiger partial charge in [-0.2, -0.15) is 0 Å². The number of hydrogen-bond acceptors (Lipinski definition) is 3. The van der Waals surface area contributed by atoms with Gasteiger partial charge in [0.2, 0.25) is 10.0 Å². The Bertz CT molecular complexity index is 931. The first-order valence-corrected chi connectivity index (χ1v) is 10.5. The lowest BCUT2D eigenvalue weighted by Crippen LogP contribution is -2.36. The number of amides is 1. The van der Waals surface area contributed by atoms with Crippen LogP contribution in [0.5, 0.6) is 0 Å². The van der Waals surface area contributed by atoms with E-state index in [1.54, 1.807) is 19.1 Å². The van der Waals surface area contributed by atoms with E-state index in [1.807, 2.05) is 38.1 Å². The fourth-order valence-electron chi connectivity index (χ4n) is 3.35. The smallest absolute Gasteiger partial charge is 0.255 e. The van der Waals surface area contributed by atoms with Crippen LogP contribution in [0.25, 0.3) is 0 Å². The van der Waals surface area contributed by atoms with Gasteiger partial charge in [0.1, 0.15) is 0 Å². The minimum absolute atomic E-state index is 0.0707. The van der Waals surface area contributed by atoms with Crippen LogP contribution in [0.2, 0.25) is 0 Å². The Labute approximate surface area is 155 Å². The Hall–Kier alpha value is -2.34. The lowest BCUT2D eigenvalue weighted by molar-refractivity contribution is 0.102. The van der Waals surface area contributed by atoms with E-state index in [2.05, 4.69) is 5.32 Å².